The molecule has 0 aromatic carbocycles. The van der Waals surface area contributed by atoms with E-state index in [1.54, 1.807) is 19.2 Å². The molecule has 0 spiro atoms. The van der Waals surface area contributed by atoms with Crippen LogP contribution in [-0.4, -0.2) is 20.6 Å². The molecule has 1 aromatic heterocycles. The Hall–Kier alpha value is -0.590. The van der Waals surface area contributed by atoms with Crippen LogP contribution in [0, 0.1) is 0 Å². The van der Waals surface area contributed by atoms with Crippen molar-refractivity contribution in [1.29, 1.82) is 0 Å². The van der Waals surface area contributed by atoms with E-state index in [1.807, 2.05) is 22.9 Å². The summed E-state index contributed by atoms with van der Waals surface area (Å²) in [4.78, 5) is 11.0. The number of rotatable bonds is 2. The molecular weight excluding hydrogens is 259 g/mol. The summed E-state index contributed by atoms with van der Waals surface area (Å²) < 4.78 is 6.25. The zero-order chi connectivity index (χ0) is 8.27. The SMILES string of the molecule is CCOC(=O)c1ccn(I)n1. The first kappa shape index (κ1) is 8.51. The van der Waals surface area contributed by atoms with Gasteiger partial charge in [-0.25, -0.2) is 7.69 Å². The van der Waals surface area contributed by atoms with Crippen LogP contribution >= 0.6 is 22.9 Å². The van der Waals surface area contributed by atoms with Crippen LogP contribution in [0.15, 0.2) is 12.3 Å². The van der Waals surface area contributed by atoms with Crippen molar-refractivity contribution in [2.24, 2.45) is 0 Å². The minimum absolute atomic E-state index is 0.348. The van der Waals surface area contributed by atoms with Gasteiger partial charge in [0.05, 0.1) is 29.5 Å². The minimum atomic E-state index is -0.372. The molecule has 0 saturated carbocycles. The minimum Gasteiger partial charge on any atom is -0.461 e. The molecule has 0 aliphatic heterocycles. The predicted octanol–water partition coefficient (Wildman–Crippen LogP) is 1.26. The molecule has 5 heteroatoms. The summed E-state index contributed by atoms with van der Waals surface area (Å²) in [7, 11) is 0. The number of carbonyl (C=O) groups is 1. The topological polar surface area (TPSA) is 44.1 Å². The van der Waals surface area contributed by atoms with Crippen molar-refractivity contribution >= 4 is 28.8 Å². The third-order valence-corrected chi connectivity index (χ3v) is 1.58. The Morgan fingerprint density at radius 3 is 3.09 bits per heavy atom. The molecule has 1 aromatic rings. The molecule has 0 saturated heterocycles. The Labute approximate surface area is 78.0 Å². The normalized spacial score (nSPS) is 9.64. The standard InChI is InChI=1S/C6H7IN2O2/c1-2-11-6(10)5-3-4-9(7)8-5/h3-4H,2H2,1H3. The van der Waals surface area contributed by atoms with Gasteiger partial charge in [0.2, 0.25) is 0 Å². The molecule has 11 heavy (non-hydrogen) atoms. The van der Waals surface area contributed by atoms with Crippen molar-refractivity contribution in [2.45, 2.75) is 6.92 Å². The molecular formula is C6H7IN2O2. The first-order valence-corrected chi connectivity index (χ1v) is 4.09. The number of ether oxygens (including phenoxy) is 1. The first-order chi connectivity index (χ1) is 5.24. The predicted molar refractivity (Wildman–Crippen MR) is 47.6 cm³/mol. The summed E-state index contributed by atoms with van der Waals surface area (Å²) in [6.45, 7) is 2.14. The Morgan fingerprint density at radius 2 is 2.64 bits per heavy atom. The van der Waals surface area contributed by atoms with Crippen molar-refractivity contribution in [3.8, 4) is 0 Å². The van der Waals surface area contributed by atoms with E-state index in [4.69, 9.17) is 4.74 Å². The summed E-state index contributed by atoms with van der Waals surface area (Å²) in [5.41, 5.74) is 0.348. The van der Waals surface area contributed by atoms with Crippen LogP contribution in [-0.2, 0) is 4.74 Å². The number of aromatic nitrogens is 2. The second-order valence-corrected chi connectivity index (χ2v) is 2.80. The Bertz CT molecular complexity index is 259. The maximum absolute atomic E-state index is 11.0. The third kappa shape index (κ3) is 2.18. The van der Waals surface area contributed by atoms with E-state index >= 15 is 0 Å². The van der Waals surface area contributed by atoms with Gasteiger partial charge in [-0.05, 0) is 13.0 Å². The lowest BCUT2D eigenvalue weighted by Crippen LogP contribution is -2.05. The average molecular weight is 266 g/mol. The van der Waals surface area contributed by atoms with Crippen molar-refractivity contribution in [1.82, 2.24) is 7.99 Å². The van der Waals surface area contributed by atoms with E-state index in [2.05, 4.69) is 5.10 Å². The van der Waals surface area contributed by atoms with Gasteiger partial charge < -0.3 is 4.74 Å². The van der Waals surface area contributed by atoms with Gasteiger partial charge in [-0.15, -0.1) is 0 Å². The number of esters is 1. The molecule has 0 bridgehead atoms. The molecule has 4 nitrogen and oxygen atoms in total. The van der Waals surface area contributed by atoms with Gasteiger partial charge in [0.25, 0.3) is 0 Å². The number of nitrogens with zero attached hydrogens (tertiary/aromatic N) is 2. The van der Waals surface area contributed by atoms with Gasteiger partial charge in [0, 0.05) is 6.20 Å². The monoisotopic (exact) mass is 266 g/mol. The molecule has 1 rings (SSSR count). The highest BCUT2D eigenvalue weighted by Crippen LogP contribution is 2.00. The second-order valence-electron chi connectivity index (χ2n) is 1.81. The van der Waals surface area contributed by atoms with Crippen LogP contribution in [0.1, 0.15) is 17.4 Å². The van der Waals surface area contributed by atoms with Crippen LogP contribution in [0.5, 0.6) is 0 Å². The van der Waals surface area contributed by atoms with Gasteiger partial charge in [-0.3, -0.25) is 0 Å². The quantitative estimate of drug-likeness (QED) is 0.598. The van der Waals surface area contributed by atoms with Gasteiger partial charge in [-0.2, -0.15) is 5.10 Å². The zero-order valence-electron chi connectivity index (χ0n) is 5.95. The highest BCUT2D eigenvalue weighted by atomic mass is 127. The fourth-order valence-electron chi connectivity index (χ4n) is 0.616. The van der Waals surface area contributed by atoms with Crippen LogP contribution in [0.25, 0.3) is 0 Å². The highest BCUT2D eigenvalue weighted by Gasteiger charge is 2.08. The van der Waals surface area contributed by atoms with Gasteiger partial charge in [0.1, 0.15) is 0 Å². The summed E-state index contributed by atoms with van der Waals surface area (Å²) in [5, 5.41) is 3.86. The number of hydrogen-bond donors (Lipinski definition) is 0. The van der Waals surface area contributed by atoms with Crippen molar-refractivity contribution in [2.75, 3.05) is 6.61 Å². The maximum Gasteiger partial charge on any atom is 0.358 e. The summed E-state index contributed by atoms with van der Waals surface area (Å²) in [6.07, 6.45) is 1.69. The first-order valence-electron chi connectivity index (χ1n) is 3.13. The Kier molecular flexibility index (Phi) is 2.86. The largest absolute Gasteiger partial charge is 0.461 e. The summed E-state index contributed by atoms with van der Waals surface area (Å²) in [6, 6.07) is 1.62. The van der Waals surface area contributed by atoms with E-state index in [9.17, 15) is 4.79 Å². The lowest BCUT2D eigenvalue weighted by molar-refractivity contribution is 0.0519. The molecule has 0 radical (unpaired) electrons. The van der Waals surface area contributed by atoms with Gasteiger partial charge in [0.15, 0.2) is 5.69 Å². The number of halogens is 1. The third-order valence-electron chi connectivity index (χ3n) is 1.04. The smallest absolute Gasteiger partial charge is 0.358 e. The van der Waals surface area contributed by atoms with E-state index in [1.165, 1.54) is 2.90 Å². The highest BCUT2D eigenvalue weighted by molar-refractivity contribution is 14.1. The molecule has 60 valence electrons. The molecule has 0 aliphatic rings. The van der Waals surface area contributed by atoms with Gasteiger partial charge >= 0.3 is 5.97 Å². The average Bonchev–Trinajstić information content (AvgIpc) is 2.36. The number of hydrogen-bond acceptors (Lipinski definition) is 3. The molecule has 0 amide bonds. The van der Waals surface area contributed by atoms with E-state index in [0.717, 1.165) is 0 Å². The second kappa shape index (κ2) is 3.70. The zero-order valence-corrected chi connectivity index (χ0v) is 8.11. The van der Waals surface area contributed by atoms with Crippen LogP contribution in [0.4, 0.5) is 0 Å². The van der Waals surface area contributed by atoms with Crippen molar-refractivity contribution in [3.63, 3.8) is 0 Å². The summed E-state index contributed by atoms with van der Waals surface area (Å²) in [5.74, 6) is -0.372. The molecule has 0 unspecified atom stereocenters. The van der Waals surface area contributed by atoms with Crippen LogP contribution < -0.4 is 0 Å². The molecule has 0 fully saturated rings. The van der Waals surface area contributed by atoms with Crippen LogP contribution in [0.2, 0.25) is 0 Å². The Balaban J connectivity index is 2.69. The van der Waals surface area contributed by atoms with E-state index in [0.29, 0.717) is 12.3 Å². The van der Waals surface area contributed by atoms with E-state index in [-0.39, 0.29) is 5.97 Å². The van der Waals surface area contributed by atoms with Crippen molar-refractivity contribution < 1.29 is 9.53 Å². The van der Waals surface area contributed by atoms with E-state index < -0.39 is 0 Å². The molecule has 0 aliphatic carbocycles. The molecule has 0 atom stereocenters. The van der Waals surface area contributed by atoms with Crippen molar-refractivity contribution in [3.05, 3.63) is 18.0 Å². The Morgan fingerprint density at radius 1 is 1.91 bits per heavy atom. The van der Waals surface area contributed by atoms with Crippen LogP contribution in [0.3, 0.4) is 0 Å². The lowest BCUT2D eigenvalue weighted by atomic mass is 10.4. The lowest BCUT2D eigenvalue weighted by Gasteiger charge is -1.95. The van der Waals surface area contributed by atoms with Gasteiger partial charge in [-0.1, -0.05) is 0 Å². The molecule has 1 heterocycles. The number of carbonyl (C=O) groups excluding carboxylic acids is 1. The fraction of sp³-hybridized carbons (Fsp3) is 0.333. The summed E-state index contributed by atoms with van der Waals surface area (Å²) >= 11 is 1.96. The molecule has 0 N–H and O–H groups in total. The maximum atomic E-state index is 11.0. The fourth-order valence-corrected chi connectivity index (χ4v) is 1.01.